The van der Waals surface area contributed by atoms with E-state index in [-0.39, 0.29) is 23.1 Å². The van der Waals surface area contributed by atoms with Crippen molar-refractivity contribution in [2.24, 2.45) is 0 Å². The summed E-state index contributed by atoms with van der Waals surface area (Å²) in [6, 6.07) is 12.7. The number of aromatic nitrogens is 2. The minimum Gasteiger partial charge on any atom is -0.337 e. The van der Waals surface area contributed by atoms with E-state index in [4.69, 9.17) is 0 Å². The van der Waals surface area contributed by atoms with E-state index in [2.05, 4.69) is 20.6 Å². The van der Waals surface area contributed by atoms with Crippen molar-refractivity contribution in [2.45, 2.75) is 13.8 Å². The van der Waals surface area contributed by atoms with Gasteiger partial charge in [0, 0.05) is 23.5 Å². The van der Waals surface area contributed by atoms with Gasteiger partial charge in [-0.3, -0.25) is 10.1 Å². The minimum atomic E-state index is -0.508. The number of fused-ring (bicyclic) bond motifs is 1. The Hall–Kier alpha value is -4.14. The van der Waals surface area contributed by atoms with Gasteiger partial charge in [-0.2, -0.15) is 0 Å². The lowest BCUT2D eigenvalue weighted by atomic mass is 10.2. The van der Waals surface area contributed by atoms with Crippen LogP contribution in [0.2, 0.25) is 0 Å². The molecule has 9 heteroatoms. The van der Waals surface area contributed by atoms with Crippen LogP contribution in [0, 0.1) is 35.6 Å². The smallest absolute Gasteiger partial charge is 0.271 e. The third-order valence-electron chi connectivity index (χ3n) is 4.74. The van der Waals surface area contributed by atoms with Crippen LogP contribution in [0.1, 0.15) is 11.1 Å². The van der Waals surface area contributed by atoms with Crippen molar-refractivity contribution in [1.82, 2.24) is 9.97 Å². The normalized spacial score (nSPS) is 10.8. The highest BCUT2D eigenvalue weighted by Gasteiger charge is 2.15. The molecule has 1 aromatic heterocycles. The van der Waals surface area contributed by atoms with Gasteiger partial charge in [0.25, 0.3) is 5.69 Å². The van der Waals surface area contributed by atoms with Crippen molar-refractivity contribution >= 4 is 39.7 Å². The highest BCUT2D eigenvalue weighted by molar-refractivity contribution is 5.85. The molecule has 4 aromatic rings. The van der Waals surface area contributed by atoms with Crippen LogP contribution < -0.4 is 10.6 Å². The first-order chi connectivity index (χ1) is 14.8. The third-order valence-corrected chi connectivity index (χ3v) is 4.74. The fourth-order valence-corrected chi connectivity index (χ4v) is 3.12. The molecule has 0 radical (unpaired) electrons. The molecule has 0 saturated carbocycles. The van der Waals surface area contributed by atoms with E-state index < -0.39 is 4.92 Å². The average molecular weight is 421 g/mol. The molecule has 0 aliphatic heterocycles. The summed E-state index contributed by atoms with van der Waals surface area (Å²) in [7, 11) is 0. The summed E-state index contributed by atoms with van der Waals surface area (Å²) in [4.78, 5) is 19.7. The number of rotatable bonds is 5. The maximum absolute atomic E-state index is 13.5. The van der Waals surface area contributed by atoms with Crippen LogP contribution in [0.4, 0.5) is 37.5 Å². The molecule has 0 saturated heterocycles. The maximum Gasteiger partial charge on any atom is 0.271 e. The maximum atomic E-state index is 13.5. The van der Waals surface area contributed by atoms with Crippen LogP contribution in [0.15, 0.2) is 54.6 Å². The Labute approximate surface area is 175 Å². The molecule has 1 heterocycles. The molecule has 0 unspecified atom stereocenters. The molecular weight excluding hydrogens is 404 g/mol. The highest BCUT2D eigenvalue weighted by atomic mass is 19.1. The number of hydrogen-bond acceptors (Lipinski definition) is 6. The SMILES string of the molecule is Cc1cc(F)ccc1Nc1nc2ccc([N+](=O)[O-])cc2nc1Nc1ccc(F)cc1C. The quantitative estimate of drug-likeness (QED) is 0.307. The van der Waals surface area contributed by atoms with Gasteiger partial charge in [-0.25, -0.2) is 18.7 Å². The number of hydrogen-bond donors (Lipinski definition) is 2. The van der Waals surface area contributed by atoms with Gasteiger partial charge in [0.15, 0.2) is 11.6 Å². The highest BCUT2D eigenvalue weighted by Crippen LogP contribution is 2.31. The first-order valence-electron chi connectivity index (χ1n) is 9.33. The van der Waals surface area contributed by atoms with Crippen molar-refractivity contribution in [1.29, 1.82) is 0 Å². The Morgan fingerprint density at radius 1 is 0.774 bits per heavy atom. The summed E-state index contributed by atoms with van der Waals surface area (Å²) in [6.45, 7) is 3.49. The number of nitro groups is 1. The lowest BCUT2D eigenvalue weighted by Gasteiger charge is -2.16. The molecule has 0 atom stereocenters. The Morgan fingerprint density at radius 3 is 1.77 bits per heavy atom. The monoisotopic (exact) mass is 421 g/mol. The molecule has 0 fully saturated rings. The summed E-state index contributed by atoms with van der Waals surface area (Å²) in [5, 5.41) is 17.4. The van der Waals surface area contributed by atoms with Crippen molar-refractivity contribution in [3.05, 3.63) is 87.5 Å². The summed E-state index contributed by atoms with van der Waals surface area (Å²) in [6.07, 6.45) is 0. The van der Waals surface area contributed by atoms with Crippen LogP contribution in [-0.4, -0.2) is 14.9 Å². The molecular formula is C22H17F2N5O2. The van der Waals surface area contributed by atoms with Crippen LogP contribution >= 0.6 is 0 Å². The fourth-order valence-electron chi connectivity index (χ4n) is 3.12. The first-order valence-corrected chi connectivity index (χ1v) is 9.33. The van der Waals surface area contributed by atoms with Gasteiger partial charge in [-0.1, -0.05) is 0 Å². The van der Waals surface area contributed by atoms with Gasteiger partial charge in [-0.15, -0.1) is 0 Å². The average Bonchev–Trinajstić information content (AvgIpc) is 2.72. The van der Waals surface area contributed by atoms with E-state index in [9.17, 15) is 18.9 Å². The van der Waals surface area contributed by atoms with Gasteiger partial charge < -0.3 is 10.6 Å². The van der Waals surface area contributed by atoms with E-state index in [0.29, 0.717) is 39.4 Å². The van der Waals surface area contributed by atoms with E-state index >= 15 is 0 Å². The summed E-state index contributed by atoms with van der Waals surface area (Å²) >= 11 is 0. The molecule has 4 rings (SSSR count). The number of nitrogens with one attached hydrogen (secondary N) is 2. The number of nitro benzene ring substituents is 1. The van der Waals surface area contributed by atoms with Crippen molar-refractivity contribution in [2.75, 3.05) is 10.6 Å². The Bertz CT molecular complexity index is 1330. The van der Waals surface area contributed by atoms with E-state index in [1.807, 2.05) is 0 Å². The lowest BCUT2D eigenvalue weighted by molar-refractivity contribution is -0.384. The topological polar surface area (TPSA) is 93.0 Å². The zero-order valence-corrected chi connectivity index (χ0v) is 16.6. The van der Waals surface area contributed by atoms with Crippen molar-refractivity contribution in [3.63, 3.8) is 0 Å². The zero-order valence-electron chi connectivity index (χ0n) is 16.6. The predicted molar refractivity (Wildman–Crippen MR) is 115 cm³/mol. The van der Waals surface area contributed by atoms with E-state index in [1.165, 1.54) is 42.5 Å². The standard InChI is InChI=1S/C22H17F2N5O2/c1-12-9-14(23)3-6-17(12)25-21-22(26-18-7-4-15(24)10-13(18)2)28-20-11-16(29(30)31)5-8-19(20)27-21/h3-11H,1-2H3,(H,25,27)(H,26,28). The van der Waals surface area contributed by atoms with Crippen LogP contribution in [-0.2, 0) is 0 Å². The van der Waals surface area contributed by atoms with E-state index in [1.54, 1.807) is 26.0 Å². The lowest BCUT2D eigenvalue weighted by Crippen LogP contribution is -2.05. The van der Waals surface area contributed by atoms with Gasteiger partial charge in [0.1, 0.15) is 11.6 Å². The number of halogens is 2. The molecule has 0 amide bonds. The summed E-state index contributed by atoms with van der Waals surface area (Å²) in [5.41, 5.74) is 3.17. The second kappa shape index (κ2) is 7.94. The van der Waals surface area contributed by atoms with Crippen LogP contribution in [0.5, 0.6) is 0 Å². The molecule has 31 heavy (non-hydrogen) atoms. The Balaban J connectivity index is 1.84. The second-order valence-electron chi connectivity index (χ2n) is 7.02. The number of aryl methyl sites for hydroxylation is 2. The molecule has 156 valence electrons. The van der Waals surface area contributed by atoms with E-state index in [0.717, 1.165) is 0 Å². The van der Waals surface area contributed by atoms with Gasteiger partial charge in [-0.05, 0) is 67.4 Å². The molecule has 0 aliphatic carbocycles. The number of benzene rings is 3. The molecule has 3 aromatic carbocycles. The second-order valence-corrected chi connectivity index (χ2v) is 7.02. The van der Waals surface area contributed by atoms with Crippen molar-refractivity contribution < 1.29 is 13.7 Å². The van der Waals surface area contributed by atoms with Gasteiger partial charge in [0.05, 0.1) is 16.0 Å². The Morgan fingerprint density at radius 2 is 1.29 bits per heavy atom. The predicted octanol–water partition coefficient (Wildman–Crippen LogP) is 5.92. The van der Waals surface area contributed by atoms with Crippen LogP contribution in [0.25, 0.3) is 11.0 Å². The number of nitrogens with zero attached hydrogens (tertiary/aromatic N) is 3. The summed E-state index contributed by atoms with van der Waals surface area (Å²) in [5.74, 6) is -0.116. The van der Waals surface area contributed by atoms with Crippen LogP contribution in [0.3, 0.4) is 0 Å². The van der Waals surface area contributed by atoms with Gasteiger partial charge >= 0.3 is 0 Å². The van der Waals surface area contributed by atoms with Gasteiger partial charge in [0.2, 0.25) is 0 Å². The zero-order chi connectivity index (χ0) is 22.1. The molecule has 2 N–H and O–H groups in total. The number of non-ortho nitro benzene ring substituents is 1. The number of anilines is 4. The fraction of sp³-hybridized carbons (Fsp3) is 0.0909. The molecule has 0 bridgehead atoms. The molecule has 0 spiro atoms. The third kappa shape index (κ3) is 4.25. The first kappa shape index (κ1) is 20.1. The minimum absolute atomic E-state index is 0.110. The largest absolute Gasteiger partial charge is 0.337 e. The Kier molecular flexibility index (Phi) is 5.16. The molecule has 7 nitrogen and oxygen atoms in total. The van der Waals surface area contributed by atoms with Crippen molar-refractivity contribution in [3.8, 4) is 0 Å². The summed E-state index contributed by atoms with van der Waals surface area (Å²) < 4.78 is 27.0. The molecule has 0 aliphatic rings.